The zero-order valence-electron chi connectivity index (χ0n) is 11.0. The first-order valence-corrected chi connectivity index (χ1v) is 7.12. The highest BCUT2D eigenvalue weighted by atomic mass is 32.1. The van der Waals surface area contributed by atoms with Gasteiger partial charge in [0.2, 0.25) is 0 Å². The maximum absolute atomic E-state index is 5.70. The molecule has 0 unspecified atom stereocenters. The number of nitrogens with zero attached hydrogens (tertiary/aromatic N) is 1. The molecule has 1 heterocycles. The van der Waals surface area contributed by atoms with Crippen molar-refractivity contribution in [3.05, 3.63) is 51.7 Å². The van der Waals surface area contributed by atoms with Crippen LogP contribution in [0.2, 0.25) is 0 Å². The van der Waals surface area contributed by atoms with Gasteiger partial charge in [0.15, 0.2) is 0 Å². The minimum Gasteiger partial charge on any atom is -0.369 e. The Morgan fingerprint density at radius 2 is 2.11 bits per heavy atom. The lowest BCUT2D eigenvalue weighted by atomic mass is 10.1. The summed E-state index contributed by atoms with van der Waals surface area (Å²) in [6, 6.07) is 10.9. The van der Waals surface area contributed by atoms with E-state index in [1.165, 1.54) is 21.7 Å². The van der Waals surface area contributed by atoms with Gasteiger partial charge in [-0.2, -0.15) is 0 Å². The molecule has 0 saturated carbocycles. The largest absolute Gasteiger partial charge is 0.369 e. The molecule has 0 amide bonds. The standard InChI is InChI=1S/C15H20N2S/c1-12-5-6-15(13(10-12)7-8-16)17(2)11-14-4-3-9-18-14/h3-6,9-10H,7-8,11,16H2,1-2H3. The SMILES string of the molecule is Cc1ccc(N(C)Cc2cccs2)c(CCN)c1. The molecule has 0 aliphatic rings. The summed E-state index contributed by atoms with van der Waals surface area (Å²) in [4.78, 5) is 3.69. The molecule has 0 atom stereocenters. The van der Waals surface area contributed by atoms with E-state index in [-0.39, 0.29) is 0 Å². The molecule has 2 N–H and O–H groups in total. The fourth-order valence-corrected chi connectivity index (χ4v) is 2.92. The molecule has 0 aliphatic heterocycles. The second-order valence-electron chi connectivity index (χ2n) is 4.61. The number of aryl methyl sites for hydroxylation is 1. The van der Waals surface area contributed by atoms with Gasteiger partial charge in [-0.25, -0.2) is 0 Å². The molecule has 2 rings (SSSR count). The van der Waals surface area contributed by atoms with Crippen molar-refractivity contribution in [3.63, 3.8) is 0 Å². The van der Waals surface area contributed by atoms with Gasteiger partial charge in [0.05, 0.1) is 6.54 Å². The van der Waals surface area contributed by atoms with Crippen molar-refractivity contribution in [2.75, 3.05) is 18.5 Å². The van der Waals surface area contributed by atoms with E-state index in [1.54, 1.807) is 11.3 Å². The molecule has 18 heavy (non-hydrogen) atoms. The zero-order chi connectivity index (χ0) is 13.0. The van der Waals surface area contributed by atoms with Crippen molar-refractivity contribution in [1.82, 2.24) is 0 Å². The van der Waals surface area contributed by atoms with Crippen LogP contribution in [-0.2, 0) is 13.0 Å². The second kappa shape index (κ2) is 6.03. The predicted molar refractivity (Wildman–Crippen MR) is 80.4 cm³/mol. The van der Waals surface area contributed by atoms with Gasteiger partial charge in [-0.3, -0.25) is 0 Å². The Hall–Kier alpha value is -1.32. The van der Waals surface area contributed by atoms with Gasteiger partial charge in [-0.15, -0.1) is 11.3 Å². The van der Waals surface area contributed by atoms with E-state index in [1.807, 2.05) is 0 Å². The van der Waals surface area contributed by atoms with Crippen LogP contribution in [0.15, 0.2) is 35.7 Å². The Kier molecular flexibility index (Phi) is 4.39. The summed E-state index contributed by atoms with van der Waals surface area (Å²) in [6.07, 6.45) is 0.936. The highest BCUT2D eigenvalue weighted by Gasteiger charge is 2.08. The molecule has 2 aromatic rings. The topological polar surface area (TPSA) is 29.3 Å². The van der Waals surface area contributed by atoms with E-state index in [9.17, 15) is 0 Å². The van der Waals surface area contributed by atoms with E-state index in [0.717, 1.165) is 13.0 Å². The normalized spacial score (nSPS) is 10.6. The number of nitrogens with two attached hydrogens (primary N) is 1. The summed E-state index contributed by atoms with van der Waals surface area (Å²) in [7, 11) is 2.14. The number of thiophene rings is 1. The van der Waals surface area contributed by atoms with E-state index in [4.69, 9.17) is 5.73 Å². The van der Waals surface area contributed by atoms with Crippen LogP contribution in [0.25, 0.3) is 0 Å². The molecule has 1 aromatic carbocycles. The number of benzene rings is 1. The summed E-state index contributed by atoms with van der Waals surface area (Å²) >= 11 is 1.80. The van der Waals surface area contributed by atoms with Crippen LogP contribution in [0.1, 0.15) is 16.0 Å². The first-order valence-electron chi connectivity index (χ1n) is 6.24. The summed E-state index contributed by atoms with van der Waals surface area (Å²) in [5.74, 6) is 0. The molecule has 0 fully saturated rings. The maximum Gasteiger partial charge on any atom is 0.0519 e. The van der Waals surface area contributed by atoms with Gasteiger partial charge >= 0.3 is 0 Å². The number of anilines is 1. The molecule has 3 heteroatoms. The van der Waals surface area contributed by atoms with Gasteiger partial charge in [0, 0.05) is 17.6 Å². The Balaban J connectivity index is 2.20. The number of rotatable bonds is 5. The molecule has 0 spiro atoms. The lowest BCUT2D eigenvalue weighted by Crippen LogP contribution is -2.18. The van der Waals surface area contributed by atoms with E-state index in [0.29, 0.717) is 6.54 Å². The molecule has 2 nitrogen and oxygen atoms in total. The highest BCUT2D eigenvalue weighted by Crippen LogP contribution is 2.24. The van der Waals surface area contributed by atoms with Crippen LogP contribution in [0, 0.1) is 6.92 Å². The molecular weight excluding hydrogens is 240 g/mol. The van der Waals surface area contributed by atoms with Gasteiger partial charge in [0.1, 0.15) is 0 Å². The Labute approximate surface area is 113 Å². The monoisotopic (exact) mass is 260 g/mol. The average Bonchev–Trinajstić information content (AvgIpc) is 2.82. The lowest BCUT2D eigenvalue weighted by molar-refractivity contribution is 0.901. The summed E-state index contributed by atoms with van der Waals surface area (Å²) in [5, 5.41) is 2.12. The van der Waals surface area contributed by atoms with Crippen molar-refractivity contribution < 1.29 is 0 Å². The molecule has 96 valence electrons. The Morgan fingerprint density at radius 1 is 1.28 bits per heavy atom. The van der Waals surface area contributed by atoms with E-state index in [2.05, 4.69) is 54.6 Å². The minimum absolute atomic E-state index is 0.698. The van der Waals surface area contributed by atoms with Crippen LogP contribution < -0.4 is 10.6 Å². The third-order valence-electron chi connectivity index (χ3n) is 3.03. The average molecular weight is 260 g/mol. The molecule has 0 aliphatic carbocycles. The summed E-state index contributed by atoms with van der Waals surface area (Å²) < 4.78 is 0. The lowest BCUT2D eigenvalue weighted by Gasteiger charge is -2.22. The first kappa shape index (κ1) is 13.1. The van der Waals surface area contributed by atoms with Gasteiger partial charge < -0.3 is 10.6 Å². The van der Waals surface area contributed by atoms with Crippen molar-refractivity contribution in [2.45, 2.75) is 19.9 Å². The highest BCUT2D eigenvalue weighted by molar-refractivity contribution is 7.09. The van der Waals surface area contributed by atoms with Crippen molar-refractivity contribution >= 4 is 17.0 Å². The molecule has 1 aromatic heterocycles. The number of hydrogen-bond donors (Lipinski definition) is 1. The predicted octanol–water partition coefficient (Wildman–Crippen LogP) is 3.19. The molecule has 0 saturated heterocycles. The van der Waals surface area contributed by atoms with Gasteiger partial charge in [-0.1, -0.05) is 23.8 Å². The number of hydrogen-bond acceptors (Lipinski definition) is 3. The van der Waals surface area contributed by atoms with Crippen LogP contribution in [0.5, 0.6) is 0 Å². The molecule has 0 bridgehead atoms. The third kappa shape index (κ3) is 3.12. The minimum atomic E-state index is 0.698. The van der Waals surface area contributed by atoms with E-state index >= 15 is 0 Å². The van der Waals surface area contributed by atoms with Crippen LogP contribution in [0.4, 0.5) is 5.69 Å². The van der Waals surface area contributed by atoms with Crippen molar-refractivity contribution in [2.24, 2.45) is 5.73 Å². The quantitative estimate of drug-likeness (QED) is 0.894. The molecular formula is C15H20N2S. The smallest absolute Gasteiger partial charge is 0.0519 e. The molecule has 0 radical (unpaired) electrons. The Bertz CT molecular complexity index is 491. The second-order valence-corrected chi connectivity index (χ2v) is 5.64. The van der Waals surface area contributed by atoms with Crippen LogP contribution in [0.3, 0.4) is 0 Å². The summed E-state index contributed by atoms with van der Waals surface area (Å²) in [6.45, 7) is 3.78. The van der Waals surface area contributed by atoms with Crippen LogP contribution >= 0.6 is 11.3 Å². The third-order valence-corrected chi connectivity index (χ3v) is 3.89. The fourth-order valence-electron chi connectivity index (χ4n) is 2.16. The van der Waals surface area contributed by atoms with Gasteiger partial charge in [-0.05, 0) is 43.0 Å². The first-order chi connectivity index (χ1) is 8.70. The van der Waals surface area contributed by atoms with Crippen molar-refractivity contribution in [3.8, 4) is 0 Å². The fraction of sp³-hybridized carbons (Fsp3) is 0.333. The maximum atomic E-state index is 5.70. The van der Waals surface area contributed by atoms with E-state index < -0.39 is 0 Å². The summed E-state index contributed by atoms with van der Waals surface area (Å²) in [5.41, 5.74) is 9.63. The van der Waals surface area contributed by atoms with Crippen LogP contribution in [-0.4, -0.2) is 13.6 Å². The Morgan fingerprint density at radius 3 is 2.78 bits per heavy atom. The van der Waals surface area contributed by atoms with Gasteiger partial charge in [0.25, 0.3) is 0 Å². The zero-order valence-corrected chi connectivity index (χ0v) is 11.8. The van der Waals surface area contributed by atoms with Crippen molar-refractivity contribution in [1.29, 1.82) is 0 Å².